The summed E-state index contributed by atoms with van der Waals surface area (Å²) in [6.07, 6.45) is -7.98. The summed E-state index contributed by atoms with van der Waals surface area (Å²) in [6, 6.07) is 0.956. The molecule has 5 aromatic rings. The summed E-state index contributed by atoms with van der Waals surface area (Å²) in [4.78, 5) is 12.5. The van der Waals surface area contributed by atoms with E-state index in [2.05, 4.69) is 25.1 Å². The summed E-state index contributed by atoms with van der Waals surface area (Å²) in [6.45, 7) is 2.72. The lowest BCUT2D eigenvalue weighted by molar-refractivity contribution is -0.142. The monoisotopic (exact) mass is 505 g/mol. The van der Waals surface area contributed by atoms with Gasteiger partial charge in [-0.2, -0.15) is 31.4 Å². The largest absolute Gasteiger partial charge is 0.436 e. The first-order valence-electron chi connectivity index (χ1n) is 9.16. The molecule has 0 fully saturated rings. The summed E-state index contributed by atoms with van der Waals surface area (Å²) in [7, 11) is 0. The van der Waals surface area contributed by atoms with Crippen molar-refractivity contribution in [3.05, 3.63) is 45.9 Å². The van der Waals surface area contributed by atoms with Crippen LogP contribution in [-0.2, 0) is 18.9 Å². The van der Waals surface area contributed by atoms with E-state index in [1.165, 1.54) is 24.7 Å². The molecule has 0 saturated heterocycles. The maximum absolute atomic E-state index is 13.2. The van der Waals surface area contributed by atoms with Crippen molar-refractivity contribution >= 4 is 49.0 Å². The number of pyridine rings is 1. The molecule has 0 unspecified atom stereocenters. The fourth-order valence-electron chi connectivity index (χ4n) is 3.46. The highest BCUT2D eigenvalue weighted by atomic mass is 35.5. The molecule has 5 heterocycles. The lowest BCUT2D eigenvalue weighted by atomic mass is 10.1. The molecule has 0 atom stereocenters. The fraction of sp³-hybridized carbons (Fsp3) is 0.278. The molecule has 0 bridgehead atoms. The standard InChI is InChI=1S/C18H10ClF6N7S/c1-6-3-8(17(20,21)22)27-16-10(6)12-13(33-16)15-28-9(29-32(15)5-26-12)4-31-7(2)11(19)14(30-31)18(23,24)25/h3,5H,4H2,1-2H3. The van der Waals surface area contributed by atoms with Crippen LogP contribution in [0.3, 0.4) is 0 Å². The van der Waals surface area contributed by atoms with E-state index >= 15 is 0 Å². The average molecular weight is 506 g/mol. The molecule has 0 radical (unpaired) electrons. The quantitative estimate of drug-likeness (QED) is 0.299. The third-order valence-corrected chi connectivity index (χ3v) is 6.51. The molecule has 0 aromatic carbocycles. The fourth-order valence-corrected chi connectivity index (χ4v) is 4.88. The molecule has 0 N–H and O–H groups in total. The first-order valence-corrected chi connectivity index (χ1v) is 10.4. The van der Waals surface area contributed by atoms with Crippen molar-refractivity contribution < 1.29 is 26.3 Å². The van der Waals surface area contributed by atoms with Gasteiger partial charge in [0.05, 0.1) is 16.2 Å². The molecule has 0 aliphatic carbocycles. The van der Waals surface area contributed by atoms with Gasteiger partial charge in [-0.15, -0.1) is 16.4 Å². The second kappa shape index (κ2) is 7.00. The highest BCUT2D eigenvalue weighted by Gasteiger charge is 2.38. The second-order valence-corrected chi connectivity index (χ2v) is 8.60. The number of alkyl halides is 6. The van der Waals surface area contributed by atoms with Crippen molar-refractivity contribution in [3.8, 4) is 0 Å². The molecular formula is C18H10ClF6N7S. The molecule has 0 aliphatic heterocycles. The van der Waals surface area contributed by atoms with Gasteiger partial charge in [0.2, 0.25) is 0 Å². The van der Waals surface area contributed by atoms with Crippen LogP contribution in [0.25, 0.3) is 26.1 Å². The van der Waals surface area contributed by atoms with Crippen LogP contribution in [0.15, 0.2) is 12.4 Å². The zero-order valence-electron chi connectivity index (χ0n) is 16.5. The number of fused-ring (bicyclic) bond motifs is 5. The van der Waals surface area contributed by atoms with Crippen LogP contribution in [0.4, 0.5) is 26.3 Å². The topological polar surface area (TPSA) is 73.8 Å². The van der Waals surface area contributed by atoms with Gasteiger partial charge >= 0.3 is 12.4 Å². The van der Waals surface area contributed by atoms with Gasteiger partial charge in [-0.3, -0.25) is 4.68 Å². The van der Waals surface area contributed by atoms with Gasteiger partial charge in [-0.1, -0.05) is 11.6 Å². The Kier molecular flexibility index (Phi) is 4.63. The lowest BCUT2D eigenvalue weighted by Gasteiger charge is -2.06. The number of hydrogen-bond acceptors (Lipinski definition) is 6. The van der Waals surface area contributed by atoms with Crippen LogP contribution in [0, 0.1) is 13.8 Å². The van der Waals surface area contributed by atoms with Crippen molar-refractivity contribution in [3.63, 3.8) is 0 Å². The number of aryl methyl sites for hydroxylation is 1. The normalized spacial score (nSPS) is 13.1. The van der Waals surface area contributed by atoms with Crippen LogP contribution in [0.5, 0.6) is 0 Å². The summed E-state index contributed by atoms with van der Waals surface area (Å²) in [5, 5.41) is 7.70. The Morgan fingerprint density at radius 1 is 1.03 bits per heavy atom. The summed E-state index contributed by atoms with van der Waals surface area (Å²) in [5.74, 6) is 0.124. The molecule has 7 nitrogen and oxygen atoms in total. The van der Waals surface area contributed by atoms with Gasteiger partial charge in [0, 0.05) is 5.39 Å². The van der Waals surface area contributed by atoms with Crippen LogP contribution in [-0.4, -0.2) is 34.3 Å². The Balaban J connectivity index is 1.63. The maximum Gasteiger partial charge on any atom is 0.436 e. The van der Waals surface area contributed by atoms with Crippen molar-refractivity contribution in [2.75, 3.05) is 0 Å². The summed E-state index contributed by atoms with van der Waals surface area (Å²) in [5.41, 5.74) is -1.07. The highest BCUT2D eigenvalue weighted by molar-refractivity contribution is 7.26. The number of aromatic nitrogens is 7. The molecule has 5 rings (SSSR count). The minimum Gasteiger partial charge on any atom is -0.260 e. The van der Waals surface area contributed by atoms with E-state index in [-0.39, 0.29) is 28.5 Å². The molecule has 33 heavy (non-hydrogen) atoms. The van der Waals surface area contributed by atoms with Crippen LogP contribution < -0.4 is 0 Å². The first-order chi connectivity index (χ1) is 15.3. The molecule has 0 aliphatic rings. The Bertz CT molecular complexity index is 1560. The van der Waals surface area contributed by atoms with Crippen molar-refractivity contribution in [2.24, 2.45) is 0 Å². The maximum atomic E-state index is 13.2. The number of rotatable bonds is 2. The van der Waals surface area contributed by atoms with Gasteiger partial charge in [-0.25, -0.2) is 19.5 Å². The molecule has 0 amide bonds. The van der Waals surface area contributed by atoms with Gasteiger partial charge in [0.25, 0.3) is 0 Å². The third kappa shape index (κ3) is 3.47. The van der Waals surface area contributed by atoms with Crippen molar-refractivity contribution in [2.45, 2.75) is 32.7 Å². The van der Waals surface area contributed by atoms with E-state index in [4.69, 9.17) is 11.6 Å². The van der Waals surface area contributed by atoms with Crippen molar-refractivity contribution in [1.82, 2.24) is 34.3 Å². The van der Waals surface area contributed by atoms with Gasteiger partial charge < -0.3 is 0 Å². The lowest BCUT2D eigenvalue weighted by Crippen LogP contribution is -2.10. The summed E-state index contributed by atoms with van der Waals surface area (Å²) >= 11 is 6.76. The van der Waals surface area contributed by atoms with E-state index in [1.807, 2.05) is 0 Å². The van der Waals surface area contributed by atoms with Gasteiger partial charge in [0.1, 0.15) is 28.1 Å². The smallest absolute Gasteiger partial charge is 0.260 e. The molecular weight excluding hydrogens is 496 g/mol. The molecule has 172 valence electrons. The Hall–Kier alpha value is -3.00. The third-order valence-electron chi connectivity index (χ3n) is 4.99. The Labute approximate surface area is 188 Å². The Morgan fingerprint density at radius 2 is 1.76 bits per heavy atom. The molecule has 5 aromatic heterocycles. The van der Waals surface area contributed by atoms with E-state index in [0.717, 1.165) is 22.1 Å². The number of hydrogen-bond donors (Lipinski definition) is 0. The van der Waals surface area contributed by atoms with E-state index < -0.39 is 28.8 Å². The second-order valence-electron chi connectivity index (χ2n) is 7.23. The molecule has 15 heteroatoms. The minimum atomic E-state index is -4.72. The van der Waals surface area contributed by atoms with Crippen LogP contribution in [0.1, 0.15) is 28.5 Å². The van der Waals surface area contributed by atoms with Crippen LogP contribution >= 0.6 is 22.9 Å². The SMILES string of the molecule is Cc1cc(C(F)(F)F)nc2sc3c(ncn4nc(Cn5nc(C(F)(F)F)c(Cl)c5C)nc34)c12. The van der Waals surface area contributed by atoms with Gasteiger partial charge in [-0.05, 0) is 25.5 Å². The first kappa shape index (κ1) is 21.8. The predicted molar refractivity (Wildman–Crippen MR) is 107 cm³/mol. The minimum absolute atomic E-state index is 0.0903. The Morgan fingerprint density at radius 3 is 2.39 bits per heavy atom. The number of nitrogens with zero attached hydrogens (tertiary/aromatic N) is 7. The predicted octanol–water partition coefficient (Wildman–Crippen LogP) is 5.44. The number of halogens is 7. The highest BCUT2D eigenvalue weighted by Crippen LogP contribution is 2.39. The molecule has 0 spiro atoms. The van der Waals surface area contributed by atoms with E-state index in [0.29, 0.717) is 21.2 Å². The van der Waals surface area contributed by atoms with Crippen molar-refractivity contribution in [1.29, 1.82) is 0 Å². The number of thiophene rings is 1. The van der Waals surface area contributed by atoms with E-state index in [1.54, 1.807) is 0 Å². The zero-order valence-corrected chi connectivity index (χ0v) is 18.1. The summed E-state index contributed by atoms with van der Waals surface area (Å²) < 4.78 is 81.5. The van der Waals surface area contributed by atoms with Gasteiger partial charge in [0.15, 0.2) is 17.2 Å². The zero-order chi connectivity index (χ0) is 23.9. The molecule has 0 saturated carbocycles. The average Bonchev–Trinajstić information content (AvgIpc) is 3.36. The van der Waals surface area contributed by atoms with Crippen LogP contribution in [0.2, 0.25) is 5.02 Å². The van der Waals surface area contributed by atoms with E-state index in [9.17, 15) is 26.3 Å².